The van der Waals surface area contributed by atoms with Gasteiger partial charge in [0.2, 0.25) is 0 Å². The predicted molar refractivity (Wildman–Crippen MR) is 101 cm³/mol. The third-order valence-corrected chi connectivity index (χ3v) is 7.15. The lowest BCUT2D eigenvalue weighted by Crippen LogP contribution is -2.49. The summed E-state index contributed by atoms with van der Waals surface area (Å²) in [5.74, 6) is -0.411. The number of benzene rings is 1. The molecule has 140 valence electrons. The molecule has 1 amide bonds. The number of carbonyl (C=O) groups excluding carboxylic acids is 1. The molecule has 3 atom stereocenters. The molecule has 0 saturated heterocycles. The highest BCUT2D eigenvalue weighted by atomic mass is 79.9. The van der Waals surface area contributed by atoms with Crippen LogP contribution >= 0.6 is 15.9 Å². The van der Waals surface area contributed by atoms with E-state index in [4.69, 9.17) is 10.5 Å². The second-order valence-electron chi connectivity index (χ2n) is 7.27. The molecule has 25 heavy (non-hydrogen) atoms. The van der Waals surface area contributed by atoms with Gasteiger partial charge in [0.25, 0.3) is 0 Å². The number of hydrogen-bond donors (Lipinski definition) is 2. The fourth-order valence-corrected chi connectivity index (χ4v) is 5.49. The predicted octanol–water partition coefficient (Wildman–Crippen LogP) is 2.57. The zero-order valence-corrected chi connectivity index (χ0v) is 17.3. The Labute approximate surface area is 157 Å². The average Bonchev–Trinajstić information content (AvgIpc) is 3.15. The van der Waals surface area contributed by atoms with Crippen LogP contribution in [0.4, 0.5) is 4.79 Å². The van der Waals surface area contributed by atoms with E-state index in [2.05, 4.69) is 21.2 Å². The number of halogens is 1. The van der Waals surface area contributed by atoms with E-state index in [1.165, 1.54) is 0 Å². The fraction of sp³-hybridized carbons (Fsp3) is 0.588. The Bertz CT molecular complexity index is 743. The van der Waals surface area contributed by atoms with E-state index in [9.17, 15) is 13.2 Å². The molecular formula is C17H25BrN2O4S. The molecule has 0 radical (unpaired) electrons. The lowest BCUT2D eigenvalue weighted by molar-refractivity contribution is 0.0497. The normalized spacial score (nSPS) is 26.2. The van der Waals surface area contributed by atoms with Crippen LogP contribution in [0, 0.1) is 0 Å². The number of hydrogen-bond acceptors (Lipinski definition) is 5. The molecule has 0 unspecified atom stereocenters. The Morgan fingerprint density at radius 2 is 1.88 bits per heavy atom. The summed E-state index contributed by atoms with van der Waals surface area (Å²) in [5.41, 5.74) is 5.03. The summed E-state index contributed by atoms with van der Waals surface area (Å²) < 4.78 is 31.4. The van der Waals surface area contributed by atoms with Crippen LogP contribution in [0.2, 0.25) is 0 Å². The van der Waals surface area contributed by atoms with Crippen LogP contribution in [0.1, 0.15) is 39.2 Å². The molecule has 1 saturated carbocycles. The third-order valence-electron chi connectivity index (χ3n) is 4.35. The molecule has 0 heterocycles. The smallest absolute Gasteiger partial charge is 0.408 e. The van der Waals surface area contributed by atoms with Gasteiger partial charge in [-0.05, 0) is 38.5 Å². The molecule has 1 fully saturated rings. The second-order valence-corrected chi connectivity index (χ2v) is 10.6. The molecule has 0 aromatic heterocycles. The van der Waals surface area contributed by atoms with Gasteiger partial charge in [0.1, 0.15) is 5.60 Å². The molecule has 0 spiro atoms. The van der Waals surface area contributed by atoms with Gasteiger partial charge in [-0.3, -0.25) is 0 Å². The van der Waals surface area contributed by atoms with Crippen LogP contribution in [0.15, 0.2) is 28.7 Å². The molecule has 1 aromatic rings. The Morgan fingerprint density at radius 3 is 2.32 bits per heavy atom. The van der Waals surface area contributed by atoms with Crippen molar-refractivity contribution in [1.82, 2.24) is 5.32 Å². The maximum absolute atomic E-state index is 12.6. The summed E-state index contributed by atoms with van der Waals surface area (Å²) in [6, 6.07) is 7.39. The van der Waals surface area contributed by atoms with E-state index in [0.717, 1.165) is 10.0 Å². The van der Waals surface area contributed by atoms with Gasteiger partial charge in [0, 0.05) is 22.7 Å². The first kappa shape index (κ1) is 20.2. The van der Waals surface area contributed by atoms with E-state index < -0.39 is 38.2 Å². The molecule has 1 aromatic carbocycles. The van der Waals surface area contributed by atoms with Gasteiger partial charge in [0.05, 0.1) is 10.8 Å². The van der Waals surface area contributed by atoms with Crippen molar-refractivity contribution in [2.24, 2.45) is 5.73 Å². The lowest BCUT2D eigenvalue weighted by atomic mass is 10.1. The highest BCUT2D eigenvalue weighted by Crippen LogP contribution is 2.55. The first-order valence-corrected chi connectivity index (χ1v) is 10.7. The van der Waals surface area contributed by atoms with Crippen molar-refractivity contribution >= 4 is 31.9 Å². The van der Waals surface area contributed by atoms with E-state index >= 15 is 0 Å². The van der Waals surface area contributed by atoms with Crippen LogP contribution in [0.3, 0.4) is 0 Å². The molecule has 0 aliphatic heterocycles. The fourth-order valence-electron chi connectivity index (χ4n) is 3.19. The first-order chi connectivity index (χ1) is 11.5. The van der Waals surface area contributed by atoms with Crippen LogP contribution in [-0.2, 0) is 14.6 Å². The molecular weight excluding hydrogens is 408 g/mol. The maximum Gasteiger partial charge on any atom is 0.408 e. The number of rotatable bonds is 5. The Morgan fingerprint density at radius 1 is 1.32 bits per heavy atom. The number of nitrogens with one attached hydrogen (secondary N) is 1. The van der Waals surface area contributed by atoms with Crippen molar-refractivity contribution in [2.75, 3.05) is 12.3 Å². The molecule has 3 N–H and O–H groups in total. The van der Waals surface area contributed by atoms with Crippen LogP contribution in [0.25, 0.3) is 0 Å². The number of amides is 1. The Hall–Kier alpha value is -1.12. The molecule has 8 heteroatoms. The summed E-state index contributed by atoms with van der Waals surface area (Å²) in [5, 5.41) is 1.99. The van der Waals surface area contributed by atoms with E-state index in [1.54, 1.807) is 27.7 Å². The highest BCUT2D eigenvalue weighted by Gasteiger charge is 2.71. The summed E-state index contributed by atoms with van der Waals surface area (Å²) in [4.78, 5) is 12.3. The molecule has 6 nitrogen and oxygen atoms in total. The van der Waals surface area contributed by atoms with Gasteiger partial charge >= 0.3 is 6.09 Å². The Kier molecular flexibility index (Phi) is 5.56. The van der Waals surface area contributed by atoms with Gasteiger partial charge in [-0.25, -0.2) is 13.2 Å². The van der Waals surface area contributed by atoms with Gasteiger partial charge in [-0.15, -0.1) is 0 Å². The zero-order chi connectivity index (χ0) is 19.0. The third kappa shape index (κ3) is 4.17. The topological polar surface area (TPSA) is 98.5 Å². The van der Waals surface area contributed by atoms with Crippen molar-refractivity contribution in [1.29, 1.82) is 0 Å². The van der Waals surface area contributed by atoms with E-state index in [0.29, 0.717) is 0 Å². The lowest BCUT2D eigenvalue weighted by Gasteiger charge is -2.24. The van der Waals surface area contributed by atoms with Crippen LogP contribution < -0.4 is 11.1 Å². The summed E-state index contributed by atoms with van der Waals surface area (Å²) in [6.45, 7) is 6.86. The zero-order valence-electron chi connectivity index (χ0n) is 14.9. The van der Waals surface area contributed by atoms with E-state index in [-0.39, 0.29) is 12.3 Å². The average molecular weight is 433 g/mol. The minimum Gasteiger partial charge on any atom is -0.444 e. The first-order valence-electron chi connectivity index (χ1n) is 8.15. The quantitative estimate of drug-likeness (QED) is 0.744. The monoisotopic (exact) mass is 432 g/mol. The highest BCUT2D eigenvalue weighted by molar-refractivity contribution is 9.10. The minimum absolute atomic E-state index is 0.0108. The number of ether oxygens (including phenoxy) is 1. The number of sulfone groups is 1. The van der Waals surface area contributed by atoms with Gasteiger partial charge in [0.15, 0.2) is 9.84 Å². The number of alkyl carbamates (subject to hydrolysis) is 1. The number of carbonyl (C=O) groups is 1. The van der Waals surface area contributed by atoms with Gasteiger partial charge in [-0.2, -0.15) is 0 Å². The second kappa shape index (κ2) is 6.89. The largest absolute Gasteiger partial charge is 0.444 e. The minimum atomic E-state index is -3.40. The number of nitrogens with two attached hydrogens (primary N) is 1. The summed E-state index contributed by atoms with van der Waals surface area (Å²) in [6.07, 6.45) is -0.658. The van der Waals surface area contributed by atoms with Crippen LogP contribution in [-0.4, -0.2) is 43.2 Å². The van der Waals surface area contributed by atoms with Crippen molar-refractivity contribution in [3.05, 3.63) is 34.3 Å². The molecule has 0 bridgehead atoms. The summed E-state index contributed by atoms with van der Waals surface area (Å²) in [7, 11) is -3.40. The van der Waals surface area contributed by atoms with Gasteiger partial charge in [-0.1, -0.05) is 35.0 Å². The molecule has 1 aliphatic carbocycles. The summed E-state index contributed by atoms with van der Waals surface area (Å²) >= 11 is 3.37. The molecule has 2 rings (SSSR count). The van der Waals surface area contributed by atoms with Crippen molar-refractivity contribution in [3.63, 3.8) is 0 Å². The van der Waals surface area contributed by atoms with Crippen molar-refractivity contribution < 1.29 is 17.9 Å². The van der Waals surface area contributed by atoms with Crippen molar-refractivity contribution in [3.8, 4) is 0 Å². The van der Waals surface area contributed by atoms with E-state index in [1.807, 2.05) is 24.3 Å². The maximum atomic E-state index is 12.6. The van der Waals surface area contributed by atoms with Gasteiger partial charge < -0.3 is 15.8 Å². The molecule has 1 aliphatic rings. The van der Waals surface area contributed by atoms with Crippen molar-refractivity contribution in [2.45, 2.75) is 50.0 Å². The SMILES string of the molecule is CCS(=O)(=O)[C@@H]1[C@@H](c2ccc(Br)cc2)[C@@]1(CN)NC(=O)OC(C)(C)C. The Balaban J connectivity index is 2.38. The van der Waals surface area contributed by atoms with Crippen LogP contribution in [0.5, 0.6) is 0 Å². The standard InChI is InChI=1S/C17H25BrN2O4S/c1-5-25(22,23)14-13(11-6-8-12(18)9-7-11)17(14,10-19)20-15(21)24-16(2,3)4/h6-9,13-14H,5,10,19H2,1-4H3,(H,20,21)/t13-,14-,17-/m1/s1.